The Morgan fingerprint density at radius 2 is 1.77 bits per heavy atom. The second-order valence-corrected chi connectivity index (χ2v) is 9.81. The molecule has 0 fully saturated rings. The Balaban J connectivity index is 1.81. The molecule has 2 aromatic carbocycles. The summed E-state index contributed by atoms with van der Waals surface area (Å²) in [6, 6.07) is 9.30. The highest BCUT2D eigenvalue weighted by molar-refractivity contribution is 7.99. The monoisotopic (exact) mass is 555 g/mol. The number of nitrogens with zero attached hydrogens (tertiary/aromatic N) is 3. The molecule has 0 bridgehead atoms. The number of methoxy groups -OCH3 is 1. The van der Waals surface area contributed by atoms with Gasteiger partial charge in [0.2, 0.25) is 0 Å². The van der Waals surface area contributed by atoms with Crippen LogP contribution in [0.1, 0.15) is 28.4 Å². The molecule has 0 amide bonds. The van der Waals surface area contributed by atoms with Gasteiger partial charge in [0.05, 0.1) is 23.7 Å². The molecule has 6 nitrogen and oxygen atoms in total. The summed E-state index contributed by atoms with van der Waals surface area (Å²) < 4.78 is 65.9. The number of hydrogen-bond acceptors (Lipinski definition) is 6. The molecule has 1 N–H and O–H groups in total. The van der Waals surface area contributed by atoms with Crippen molar-refractivity contribution in [3.8, 4) is 16.9 Å². The van der Waals surface area contributed by atoms with Gasteiger partial charge >= 0.3 is 0 Å². The van der Waals surface area contributed by atoms with Crippen LogP contribution in [0.25, 0.3) is 11.1 Å². The van der Waals surface area contributed by atoms with Crippen LogP contribution in [0.15, 0.2) is 69.7 Å². The van der Waals surface area contributed by atoms with Crippen molar-refractivity contribution in [1.82, 2.24) is 9.55 Å². The number of thioether (sulfide) groups is 1. The second kappa shape index (κ2) is 10.6. The van der Waals surface area contributed by atoms with Crippen molar-refractivity contribution in [2.75, 3.05) is 12.9 Å². The van der Waals surface area contributed by atoms with E-state index in [4.69, 9.17) is 4.74 Å². The summed E-state index contributed by atoms with van der Waals surface area (Å²) in [6.45, 7) is 1.58. The second-order valence-electron chi connectivity index (χ2n) is 8.80. The highest BCUT2D eigenvalue weighted by atomic mass is 32.2. The summed E-state index contributed by atoms with van der Waals surface area (Å²) in [5, 5.41) is 13.5. The number of halogens is 4. The zero-order valence-electron chi connectivity index (χ0n) is 20.7. The van der Waals surface area contributed by atoms with Crippen molar-refractivity contribution in [2.24, 2.45) is 5.16 Å². The standard InChI is InChI=1S/C28H21F4N3O3S/c1-14-16(12-17-18(29)7-4-8-19(17)30)28-35(27(36)23(14)15-6-3-10-22(38-2)24(15)32)21(13-39-28)26(34-37)25-20(31)9-5-11-33-25/h3-11,21,37H,12-13H2,1-2H3/b34-26+. The van der Waals surface area contributed by atoms with E-state index in [1.165, 1.54) is 60.0 Å². The molecule has 3 heterocycles. The molecule has 5 rings (SSSR count). The van der Waals surface area contributed by atoms with Crippen LogP contribution in [-0.2, 0) is 6.42 Å². The first-order valence-corrected chi connectivity index (χ1v) is 12.8. The molecule has 1 unspecified atom stereocenters. The van der Waals surface area contributed by atoms with E-state index >= 15 is 4.39 Å². The van der Waals surface area contributed by atoms with Gasteiger partial charge in [-0.05, 0) is 48.4 Å². The van der Waals surface area contributed by atoms with Gasteiger partial charge in [0, 0.05) is 29.5 Å². The molecule has 1 atom stereocenters. The number of aromatic nitrogens is 2. The molecule has 0 aliphatic carbocycles. The largest absolute Gasteiger partial charge is 0.494 e. The summed E-state index contributed by atoms with van der Waals surface area (Å²) in [5.74, 6) is -3.09. The van der Waals surface area contributed by atoms with Gasteiger partial charge < -0.3 is 9.94 Å². The predicted molar refractivity (Wildman–Crippen MR) is 139 cm³/mol. The van der Waals surface area contributed by atoms with Gasteiger partial charge in [-0.25, -0.2) is 17.6 Å². The fourth-order valence-electron chi connectivity index (χ4n) is 4.81. The average Bonchev–Trinajstić information content (AvgIpc) is 3.35. The van der Waals surface area contributed by atoms with Crippen LogP contribution in [0.4, 0.5) is 17.6 Å². The number of rotatable bonds is 6. The number of hydrogen-bond donors (Lipinski definition) is 1. The number of ether oxygens (including phenoxy) is 1. The van der Waals surface area contributed by atoms with E-state index in [0.717, 1.165) is 18.2 Å². The molecule has 4 aromatic rings. The van der Waals surface area contributed by atoms with Crippen LogP contribution in [0.3, 0.4) is 0 Å². The zero-order chi connectivity index (χ0) is 27.8. The molecule has 0 saturated carbocycles. The van der Waals surface area contributed by atoms with Gasteiger partial charge in [-0.3, -0.25) is 14.3 Å². The zero-order valence-corrected chi connectivity index (χ0v) is 21.5. The third kappa shape index (κ3) is 4.46. The lowest BCUT2D eigenvalue weighted by Crippen LogP contribution is -2.32. The maximum Gasteiger partial charge on any atom is 0.260 e. The van der Waals surface area contributed by atoms with E-state index in [1.807, 2.05) is 0 Å². The van der Waals surface area contributed by atoms with E-state index in [1.54, 1.807) is 6.92 Å². The molecule has 0 radical (unpaired) electrons. The quantitative estimate of drug-likeness (QED) is 0.139. The van der Waals surface area contributed by atoms with Crippen molar-refractivity contribution in [3.63, 3.8) is 0 Å². The van der Waals surface area contributed by atoms with Gasteiger partial charge in [0.15, 0.2) is 17.4 Å². The highest BCUT2D eigenvalue weighted by Crippen LogP contribution is 2.42. The van der Waals surface area contributed by atoms with E-state index in [0.29, 0.717) is 16.2 Å². The lowest BCUT2D eigenvalue weighted by Gasteiger charge is -2.21. The number of benzene rings is 2. The average molecular weight is 556 g/mol. The molecule has 39 heavy (non-hydrogen) atoms. The van der Waals surface area contributed by atoms with Crippen molar-refractivity contribution in [2.45, 2.75) is 24.4 Å². The Labute approximate surface area is 224 Å². The van der Waals surface area contributed by atoms with E-state index in [9.17, 15) is 23.2 Å². The Kier molecular flexibility index (Phi) is 7.17. The summed E-state index contributed by atoms with van der Waals surface area (Å²) in [4.78, 5) is 18.0. The fourth-order valence-corrected chi connectivity index (χ4v) is 6.19. The first kappa shape index (κ1) is 26.5. The topological polar surface area (TPSA) is 76.7 Å². The molecule has 1 aliphatic rings. The lowest BCUT2D eigenvalue weighted by atomic mass is 9.93. The van der Waals surface area contributed by atoms with Crippen LogP contribution in [-0.4, -0.2) is 33.3 Å². The van der Waals surface area contributed by atoms with Gasteiger partial charge in [0.1, 0.15) is 23.0 Å². The third-order valence-corrected chi connectivity index (χ3v) is 7.92. The molecule has 2 aromatic heterocycles. The minimum Gasteiger partial charge on any atom is -0.494 e. The van der Waals surface area contributed by atoms with Crippen molar-refractivity contribution in [1.29, 1.82) is 0 Å². The number of pyridine rings is 2. The first-order valence-electron chi connectivity index (χ1n) is 11.8. The summed E-state index contributed by atoms with van der Waals surface area (Å²) in [5.41, 5.74) is -0.803. The van der Waals surface area contributed by atoms with Crippen molar-refractivity contribution < 1.29 is 27.5 Å². The van der Waals surface area contributed by atoms with Crippen LogP contribution >= 0.6 is 11.8 Å². The Morgan fingerprint density at radius 3 is 2.44 bits per heavy atom. The van der Waals surface area contributed by atoms with Crippen LogP contribution in [0.5, 0.6) is 5.75 Å². The summed E-state index contributed by atoms with van der Waals surface area (Å²) >= 11 is 1.18. The van der Waals surface area contributed by atoms with Gasteiger partial charge in [-0.15, -0.1) is 11.8 Å². The molecule has 0 spiro atoms. The Morgan fingerprint density at radius 1 is 1.08 bits per heavy atom. The summed E-state index contributed by atoms with van der Waals surface area (Å²) in [7, 11) is 1.29. The van der Waals surface area contributed by atoms with Crippen LogP contribution in [0.2, 0.25) is 0 Å². The predicted octanol–water partition coefficient (Wildman–Crippen LogP) is 5.90. The van der Waals surface area contributed by atoms with E-state index in [2.05, 4.69) is 10.1 Å². The maximum absolute atomic E-state index is 15.5. The Hall–Kier alpha value is -4.12. The Bertz CT molecular complexity index is 1670. The van der Waals surface area contributed by atoms with Crippen molar-refractivity contribution >= 4 is 17.5 Å². The number of oxime groups is 1. The minimum atomic E-state index is -1.01. The van der Waals surface area contributed by atoms with E-state index in [-0.39, 0.29) is 46.0 Å². The molecule has 0 saturated heterocycles. The molecular weight excluding hydrogens is 534 g/mol. The van der Waals surface area contributed by atoms with E-state index < -0.39 is 34.9 Å². The first-order chi connectivity index (χ1) is 18.8. The molecule has 11 heteroatoms. The van der Waals surface area contributed by atoms with Gasteiger partial charge in [0.25, 0.3) is 5.56 Å². The molecule has 1 aliphatic heterocycles. The maximum atomic E-state index is 15.5. The summed E-state index contributed by atoms with van der Waals surface area (Å²) in [6.07, 6.45) is 1.07. The molecular formula is C28H21F4N3O3S. The fraction of sp³-hybridized carbons (Fsp3) is 0.179. The molecule has 200 valence electrons. The van der Waals surface area contributed by atoms with Crippen LogP contribution in [0, 0.1) is 30.2 Å². The minimum absolute atomic E-state index is 0.0619. The van der Waals surface area contributed by atoms with Gasteiger partial charge in [-0.2, -0.15) is 0 Å². The normalized spacial score (nSPS) is 14.9. The third-order valence-electron chi connectivity index (χ3n) is 6.72. The lowest BCUT2D eigenvalue weighted by molar-refractivity contribution is 0.315. The number of fused-ring (bicyclic) bond motifs is 1. The van der Waals surface area contributed by atoms with Crippen molar-refractivity contribution in [3.05, 3.63) is 111 Å². The SMILES string of the molecule is COc1cccc(-c2c(C)c(Cc3c(F)cccc3F)c3n(c2=O)C(/C(=N\O)c2ncccc2F)CS3)c1F. The van der Waals surface area contributed by atoms with Gasteiger partial charge in [-0.1, -0.05) is 23.4 Å². The smallest absolute Gasteiger partial charge is 0.260 e. The van der Waals surface area contributed by atoms with Crippen LogP contribution < -0.4 is 10.3 Å². The highest BCUT2D eigenvalue weighted by Gasteiger charge is 2.36.